The highest BCUT2D eigenvalue weighted by molar-refractivity contribution is 7.80. The lowest BCUT2D eigenvalue weighted by atomic mass is 9.87. The van der Waals surface area contributed by atoms with Crippen LogP contribution in [-0.4, -0.2) is 59.3 Å². The lowest BCUT2D eigenvalue weighted by molar-refractivity contribution is -0.289. The van der Waals surface area contributed by atoms with Crippen LogP contribution in [0, 0.1) is 0 Å². The molecule has 0 aliphatic carbocycles. The second-order valence-corrected chi connectivity index (χ2v) is 8.93. The Bertz CT molecular complexity index is 991. The highest BCUT2D eigenvalue weighted by Crippen LogP contribution is 2.48. The number of likely N-dealkylation sites (tertiary alicyclic amines) is 1. The number of fused-ring (bicyclic) bond motifs is 1. The van der Waals surface area contributed by atoms with Gasteiger partial charge in [0.15, 0.2) is 5.11 Å². The van der Waals surface area contributed by atoms with Gasteiger partial charge < -0.3 is 19.9 Å². The lowest BCUT2D eigenvalue weighted by Gasteiger charge is -2.40. The van der Waals surface area contributed by atoms with Crippen molar-refractivity contribution in [3.63, 3.8) is 0 Å². The average molecular weight is 492 g/mol. The molecule has 2 heterocycles. The predicted octanol–water partition coefficient (Wildman–Crippen LogP) is 4.67. The molecule has 1 N–H and O–H groups in total. The Kier molecular flexibility index (Phi) is 6.67. The summed E-state index contributed by atoms with van der Waals surface area (Å²) in [4.78, 5) is 15.9. The maximum atomic E-state index is 14.1. The molecule has 0 aromatic heterocycles. The van der Waals surface area contributed by atoms with Crippen molar-refractivity contribution in [3.8, 4) is 5.75 Å². The zero-order chi connectivity index (χ0) is 24.8. The highest BCUT2D eigenvalue weighted by atomic mass is 32.1. The molecule has 1 amide bonds. The number of nitrogens with one attached hydrogen (secondary N) is 1. The van der Waals surface area contributed by atoms with Crippen LogP contribution < -0.4 is 10.1 Å². The van der Waals surface area contributed by atoms with Gasteiger partial charge in [-0.05, 0) is 57.6 Å². The van der Waals surface area contributed by atoms with Gasteiger partial charge in [-0.15, -0.1) is 0 Å². The Morgan fingerprint density at radius 3 is 2.48 bits per heavy atom. The number of amides is 1. The molecule has 1 fully saturated rings. The molecule has 0 unspecified atom stereocenters. The fourth-order valence-corrected chi connectivity index (χ4v) is 4.08. The van der Waals surface area contributed by atoms with E-state index in [0.29, 0.717) is 36.3 Å². The van der Waals surface area contributed by atoms with Crippen LogP contribution in [0.4, 0.5) is 22.0 Å². The molecule has 182 valence electrons. The van der Waals surface area contributed by atoms with Crippen LogP contribution >= 0.6 is 12.2 Å². The number of hydrogen-bond acceptors (Lipinski definition) is 3. The van der Waals surface area contributed by atoms with E-state index in [9.17, 15) is 26.7 Å². The molecule has 33 heavy (non-hydrogen) atoms. The number of carbonyl (C=O) groups excluding carboxylic acids is 1. The molecule has 0 atom stereocenters. The molecule has 0 bridgehead atoms. The van der Waals surface area contributed by atoms with Crippen LogP contribution in [0.2, 0.25) is 0 Å². The molecule has 0 radical (unpaired) electrons. The number of alkyl halides is 5. The molecule has 11 heteroatoms. The largest absolute Gasteiger partial charge is 0.483 e. The van der Waals surface area contributed by atoms with Crippen LogP contribution in [-0.2, 0) is 10.7 Å². The van der Waals surface area contributed by atoms with Gasteiger partial charge in [0.05, 0.1) is 5.70 Å². The van der Waals surface area contributed by atoms with Gasteiger partial charge in [-0.2, -0.15) is 22.0 Å². The van der Waals surface area contributed by atoms with Gasteiger partial charge in [-0.25, -0.2) is 0 Å². The van der Waals surface area contributed by atoms with E-state index >= 15 is 0 Å². The van der Waals surface area contributed by atoms with Gasteiger partial charge in [0.2, 0.25) is 5.91 Å². The van der Waals surface area contributed by atoms with Crippen molar-refractivity contribution < 1.29 is 31.5 Å². The van der Waals surface area contributed by atoms with Gasteiger partial charge in [0, 0.05) is 49.8 Å². The zero-order valence-electron chi connectivity index (χ0n) is 18.8. The van der Waals surface area contributed by atoms with E-state index in [-0.39, 0.29) is 35.9 Å². The third-order valence-corrected chi connectivity index (χ3v) is 6.37. The molecular formula is C22H26F5N3O2S. The molecule has 0 saturated carbocycles. The normalized spacial score (nSPS) is 18.2. The number of rotatable bonds is 5. The Labute approximate surface area is 194 Å². The SMILES string of the molecule is CCN(C)C(=S)NCC1=C(N2CCCC2=O)c2cc(C(F)(F)C(F)(F)F)ccc2OC1(C)C. The minimum Gasteiger partial charge on any atom is -0.483 e. The quantitative estimate of drug-likeness (QED) is 0.479. The van der Waals surface area contributed by atoms with Crippen LogP contribution in [0.5, 0.6) is 5.75 Å². The minimum absolute atomic E-state index is 0.0255. The summed E-state index contributed by atoms with van der Waals surface area (Å²) in [5.74, 6) is -5.15. The molecule has 0 spiro atoms. The zero-order valence-corrected chi connectivity index (χ0v) is 19.6. The second kappa shape index (κ2) is 8.73. The number of thiocarbonyl (C=S) groups is 1. The first kappa shape index (κ1) is 25.2. The molecule has 1 saturated heterocycles. The standard InChI is InChI=1S/C22H26F5N3O2S/c1-5-29(4)19(33)28-12-15-18(30-10-6-7-17(30)31)14-11-13(21(23,24)22(25,26)27)8-9-16(14)32-20(15,2)3/h8-9,11H,5-7,10,12H2,1-4H3,(H,28,33). The maximum Gasteiger partial charge on any atom is 0.458 e. The predicted molar refractivity (Wildman–Crippen MR) is 118 cm³/mol. The van der Waals surface area contributed by atoms with Crippen LogP contribution in [0.3, 0.4) is 0 Å². The van der Waals surface area contributed by atoms with Crippen molar-refractivity contribution in [3.05, 3.63) is 34.9 Å². The third-order valence-electron chi connectivity index (χ3n) is 5.91. The van der Waals surface area contributed by atoms with E-state index in [1.165, 1.54) is 4.90 Å². The van der Waals surface area contributed by atoms with Crippen molar-refractivity contribution in [2.45, 2.75) is 51.3 Å². The highest BCUT2D eigenvalue weighted by Gasteiger charge is 2.59. The van der Waals surface area contributed by atoms with E-state index in [1.54, 1.807) is 25.8 Å². The maximum absolute atomic E-state index is 14.1. The van der Waals surface area contributed by atoms with Gasteiger partial charge in [-0.3, -0.25) is 4.79 Å². The monoisotopic (exact) mass is 491 g/mol. The van der Waals surface area contributed by atoms with Crippen LogP contribution in [0.1, 0.15) is 44.7 Å². The topological polar surface area (TPSA) is 44.8 Å². The van der Waals surface area contributed by atoms with Crippen LogP contribution in [0.25, 0.3) is 5.70 Å². The Morgan fingerprint density at radius 1 is 1.27 bits per heavy atom. The van der Waals surface area contributed by atoms with Crippen molar-refractivity contribution in [2.24, 2.45) is 0 Å². The molecular weight excluding hydrogens is 465 g/mol. The number of benzene rings is 1. The van der Waals surface area contributed by atoms with Crippen molar-refractivity contribution in [1.82, 2.24) is 15.1 Å². The smallest absolute Gasteiger partial charge is 0.458 e. The Hall–Kier alpha value is -2.43. The summed E-state index contributed by atoms with van der Waals surface area (Å²) >= 11 is 5.35. The average Bonchev–Trinajstić information content (AvgIpc) is 3.14. The van der Waals surface area contributed by atoms with Gasteiger partial charge in [-0.1, -0.05) is 0 Å². The Morgan fingerprint density at radius 2 is 1.94 bits per heavy atom. The third kappa shape index (κ3) is 4.64. The number of nitrogens with zero attached hydrogens (tertiary/aromatic N) is 2. The van der Waals surface area contributed by atoms with E-state index < -0.39 is 23.3 Å². The Balaban J connectivity index is 2.18. The molecule has 3 rings (SSSR count). The second-order valence-electron chi connectivity index (χ2n) is 8.54. The van der Waals surface area contributed by atoms with Gasteiger partial charge >= 0.3 is 12.1 Å². The minimum atomic E-state index is -5.76. The summed E-state index contributed by atoms with van der Waals surface area (Å²) in [5.41, 5.74) is -1.35. The number of hydrogen-bond donors (Lipinski definition) is 1. The van der Waals surface area contributed by atoms with Crippen LogP contribution in [0.15, 0.2) is 23.8 Å². The lowest BCUT2D eigenvalue weighted by Crippen LogP contribution is -2.45. The van der Waals surface area contributed by atoms with E-state index in [1.807, 2.05) is 6.92 Å². The van der Waals surface area contributed by atoms with E-state index in [4.69, 9.17) is 17.0 Å². The van der Waals surface area contributed by atoms with Gasteiger partial charge in [0.25, 0.3) is 0 Å². The number of halogens is 5. The first-order valence-electron chi connectivity index (χ1n) is 10.5. The molecule has 2 aliphatic heterocycles. The molecule has 1 aromatic rings. The number of carbonyl (C=O) groups is 1. The summed E-state index contributed by atoms with van der Waals surface area (Å²) in [6.45, 7) is 6.49. The van der Waals surface area contributed by atoms with E-state index in [0.717, 1.165) is 12.1 Å². The summed E-state index contributed by atoms with van der Waals surface area (Å²) in [6, 6.07) is 2.59. The first-order valence-corrected chi connectivity index (χ1v) is 10.9. The van der Waals surface area contributed by atoms with Gasteiger partial charge in [0.1, 0.15) is 11.4 Å². The summed E-state index contributed by atoms with van der Waals surface area (Å²) in [6.07, 6.45) is -4.95. The van der Waals surface area contributed by atoms with Crippen molar-refractivity contribution in [1.29, 1.82) is 0 Å². The molecule has 5 nitrogen and oxygen atoms in total. The first-order chi connectivity index (χ1) is 15.2. The fourth-order valence-electron chi connectivity index (χ4n) is 3.88. The summed E-state index contributed by atoms with van der Waals surface area (Å²) in [5, 5.41) is 3.51. The molecule has 2 aliphatic rings. The number of ether oxygens (including phenoxy) is 1. The van der Waals surface area contributed by atoms with Crippen molar-refractivity contribution in [2.75, 3.05) is 26.7 Å². The summed E-state index contributed by atoms with van der Waals surface area (Å²) in [7, 11) is 1.79. The fraction of sp³-hybridized carbons (Fsp3) is 0.545. The van der Waals surface area contributed by atoms with E-state index in [2.05, 4.69) is 5.32 Å². The van der Waals surface area contributed by atoms with Crippen molar-refractivity contribution >= 4 is 28.9 Å². The molecule has 1 aromatic carbocycles. The summed E-state index contributed by atoms with van der Waals surface area (Å²) < 4.78 is 73.4.